The van der Waals surface area contributed by atoms with Crippen molar-refractivity contribution in [1.29, 1.82) is 0 Å². The maximum absolute atomic E-state index is 13.6. The molecule has 2 unspecified atom stereocenters. The fourth-order valence-corrected chi connectivity index (χ4v) is 5.73. The van der Waals surface area contributed by atoms with Crippen LogP contribution in [0.5, 0.6) is 11.5 Å². The number of hydrogen-bond donors (Lipinski definition) is 0. The Kier molecular flexibility index (Phi) is 10.6. The molecule has 0 amide bonds. The average Bonchev–Trinajstić information content (AvgIpc) is 3.11. The number of carbonyl (C=O) groups excluding carboxylic acids is 2. The number of rotatable bonds is 8. The molecule has 0 aromatic heterocycles. The van der Waals surface area contributed by atoms with Crippen molar-refractivity contribution in [2.24, 2.45) is 0 Å². The Morgan fingerprint density at radius 1 is 0.773 bits per heavy atom. The first-order valence-electron chi connectivity index (χ1n) is 13.9. The molecule has 44 heavy (non-hydrogen) atoms. The maximum Gasteiger partial charge on any atom is 0.420 e. The highest BCUT2D eigenvalue weighted by Gasteiger charge is 2.47. The second-order valence-corrected chi connectivity index (χ2v) is 13.2. The van der Waals surface area contributed by atoms with Crippen molar-refractivity contribution in [3.8, 4) is 11.5 Å². The Bertz CT molecular complexity index is 1350. The van der Waals surface area contributed by atoms with Crippen LogP contribution in [0, 0.1) is 0 Å². The van der Waals surface area contributed by atoms with E-state index < -0.39 is 23.5 Å². The van der Waals surface area contributed by atoms with Gasteiger partial charge >= 0.3 is 11.9 Å². The lowest BCUT2D eigenvalue weighted by atomic mass is 10.1. The van der Waals surface area contributed by atoms with Gasteiger partial charge in [-0.2, -0.15) is 0 Å². The Labute approximate surface area is 278 Å². The molecule has 0 fully saturated rings. The number of halogens is 2. The second-order valence-electron chi connectivity index (χ2n) is 11.5. The van der Waals surface area contributed by atoms with E-state index in [4.69, 9.17) is 66.6 Å². The molecule has 2 aromatic carbocycles. The van der Waals surface area contributed by atoms with Crippen molar-refractivity contribution >= 4 is 69.6 Å². The van der Waals surface area contributed by atoms with Gasteiger partial charge in [0.2, 0.25) is 0 Å². The number of likely N-dealkylation sites (N-methyl/N-ethyl adjacent to an activating group) is 2. The average molecular weight is 684 g/mol. The molecular formula is C30H36Cl2N4O6S2. The third-order valence-corrected chi connectivity index (χ3v) is 8.72. The predicted octanol–water partition coefficient (Wildman–Crippen LogP) is 4.08. The van der Waals surface area contributed by atoms with Crippen LogP contribution < -0.4 is 9.47 Å². The van der Waals surface area contributed by atoms with E-state index in [2.05, 4.69) is 0 Å². The van der Waals surface area contributed by atoms with Crippen molar-refractivity contribution in [1.82, 2.24) is 19.6 Å². The summed E-state index contributed by atoms with van der Waals surface area (Å²) in [4.78, 5) is 35.5. The SMILES string of the molecule is CN(C)CCC1(OC(=O)C(=O)OC2(CCN(C)C)CN(C)C(=S)c3cc(Cl)ccc3O2)CN(C)C(=S)c2cc(Cl)ccc2O1. The number of esters is 2. The number of thiocarbonyl (C=S) groups is 2. The molecule has 0 spiro atoms. The van der Waals surface area contributed by atoms with Crippen molar-refractivity contribution in [2.75, 3.05) is 68.5 Å². The summed E-state index contributed by atoms with van der Waals surface area (Å²) in [6, 6.07) is 10.0. The molecule has 2 aliphatic rings. The first-order chi connectivity index (χ1) is 20.6. The van der Waals surface area contributed by atoms with Crippen LogP contribution in [0.1, 0.15) is 24.0 Å². The molecule has 0 saturated carbocycles. The van der Waals surface area contributed by atoms with Gasteiger partial charge in [0, 0.05) is 50.1 Å². The molecule has 0 aliphatic carbocycles. The standard InChI is InChI=1S/C30H36Cl2N4O6S2/c1-33(2)13-11-29(17-35(5)25(43)21-15-19(31)7-9-23(21)39-29)41-27(37)28(38)42-30(12-14-34(3)4)18-36(6)26(44)22-16-20(32)8-10-24(22)40-30/h7-10,15-16H,11-14,17-18H2,1-6H3. The van der Waals surface area contributed by atoms with E-state index in [1.54, 1.807) is 60.3 Å². The zero-order valence-electron chi connectivity index (χ0n) is 25.5. The highest BCUT2D eigenvalue weighted by Crippen LogP contribution is 2.36. The number of benzene rings is 2. The molecule has 2 aliphatic heterocycles. The molecule has 0 N–H and O–H groups in total. The number of ether oxygens (including phenoxy) is 4. The van der Waals surface area contributed by atoms with Crippen molar-refractivity contribution in [3.63, 3.8) is 0 Å². The molecule has 14 heteroatoms. The van der Waals surface area contributed by atoms with E-state index in [1.807, 2.05) is 38.0 Å². The Morgan fingerprint density at radius 3 is 1.48 bits per heavy atom. The molecule has 2 heterocycles. The summed E-state index contributed by atoms with van der Waals surface area (Å²) >= 11 is 23.8. The molecular weight excluding hydrogens is 647 g/mol. The van der Waals surface area contributed by atoms with Crippen LogP contribution in [0.4, 0.5) is 0 Å². The van der Waals surface area contributed by atoms with Crippen LogP contribution in [0.15, 0.2) is 36.4 Å². The van der Waals surface area contributed by atoms with Gasteiger partial charge in [0.1, 0.15) is 21.5 Å². The molecule has 0 radical (unpaired) electrons. The van der Waals surface area contributed by atoms with E-state index in [0.29, 0.717) is 55.7 Å². The predicted molar refractivity (Wildman–Crippen MR) is 177 cm³/mol. The van der Waals surface area contributed by atoms with E-state index in [-0.39, 0.29) is 25.9 Å². The lowest BCUT2D eigenvalue weighted by molar-refractivity contribution is -0.227. The quantitative estimate of drug-likeness (QED) is 0.229. The first-order valence-corrected chi connectivity index (χ1v) is 15.4. The Balaban J connectivity index is 1.66. The lowest BCUT2D eigenvalue weighted by Gasteiger charge is -2.37. The molecule has 2 atom stereocenters. The number of carbonyl (C=O) groups is 2. The fraction of sp³-hybridized carbons (Fsp3) is 0.467. The minimum atomic E-state index is -1.58. The number of hydrogen-bond acceptors (Lipinski definition) is 10. The summed E-state index contributed by atoms with van der Waals surface area (Å²) in [5.41, 5.74) is 1.15. The van der Waals surface area contributed by atoms with Gasteiger partial charge in [-0.05, 0) is 64.6 Å². The molecule has 2 aromatic rings. The minimum absolute atomic E-state index is 0.0540. The van der Waals surface area contributed by atoms with E-state index >= 15 is 0 Å². The van der Waals surface area contributed by atoms with E-state index in [1.165, 1.54) is 0 Å². The number of fused-ring (bicyclic) bond motifs is 2. The van der Waals surface area contributed by atoms with Crippen LogP contribution in [0.3, 0.4) is 0 Å². The largest absolute Gasteiger partial charge is 0.450 e. The first kappa shape index (κ1) is 34.1. The molecule has 10 nitrogen and oxygen atoms in total. The highest BCUT2D eigenvalue weighted by atomic mass is 35.5. The minimum Gasteiger partial charge on any atom is -0.450 e. The maximum atomic E-state index is 13.6. The summed E-state index contributed by atoms with van der Waals surface area (Å²) < 4.78 is 24.6. The molecule has 4 rings (SSSR count). The van der Waals surface area contributed by atoms with Gasteiger partial charge in [-0.3, -0.25) is 0 Å². The lowest BCUT2D eigenvalue weighted by Crippen LogP contribution is -2.54. The Morgan fingerprint density at radius 2 is 1.14 bits per heavy atom. The summed E-state index contributed by atoms with van der Waals surface area (Å²) in [5, 5.41) is 0.952. The fourth-order valence-electron chi connectivity index (χ4n) is 4.94. The van der Waals surface area contributed by atoms with Crippen LogP contribution in [-0.2, 0) is 19.1 Å². The second kappa shape index (κ2) is 13.7. The van der Waals surface area contributed by atoms with Crippen LogP contribution in [0.25, 0.3) is 0 Å². The Hall–Kier alpha value is -2.74. The zero-order chi connectivity index (χ0) is 32.4. The van der Waals surface area contributed by atoms with Gasteiger partial charge in [-0.25, -0.2) is 9.59 Å². The third-order valence-electron chi connectivity index (χ3n) is 7.19. The molecule has 238 valence electrons. The molecule has 0 saturated heterocycles. The van der Waals surface area contributed by atoms with Crippen molar-refractivity contribution in [3.05, 3.63) is 57.6 Å². The number of nitrogens with zero attached hydrogens (tertiary/aromatic N) is 4. The zero-order valence-corrected chi connectivity index (χ0v) is 28.7. The van der Waals surface area contributed by atoms with E-state index in [0.717, 1.165) is 0 Å². The topological polar surface area (TPSA) is 84.0 Å². The summed E-state index contributed by atoms with van der Waals surface area (Å²) in [5.74, 6) is -4.88. The summed E-state index contributed by atoms with van der Waals surface area (Å²) in [6.45, 7) is 1.06. The van der Waals surface area contributed by atoms with Gasteiger partial charge in [0.05, 0.1) is 24.2 Å². The summed E-state index contributed by atoms with van der Waals surface area (Å²) in [6.07, 6.45) is 0.447. The van der Waals surface area contributed by atoms with Gasteiger partial charge in [-0.1, -0.05) is 47.6 Å². The molecule has 0 bridgehead atoms. The normalized spacial score (nSPS) is 21.6. The third kappa shape index (κ3) is 7.91. The van der Waals surface area contributed by atoms with Crippen molar-refractivity contribution in [2.45, 2.75) is 24.4 Å². The van der Waals surface area contributed by atoms with Gasteiger partial charge in [0.25, 0.3) is 11.6 Å². The van der Waals surface area contributed by atoms with Crippen molar-refractivity contribution < 1.29 is 28.5 Å². The smallest absolute Gasteiger partial charge is 0.420 e. The van der Waals surface area contributed by atoms with Gasteiger partial charge < -0.3 is 38.5 Å². The van der Waals surface area contributed by atoms with Gasteiger partial charge in [-0.15, -0.1) is 0 Å². The monoisotopic (exact) mass is 682 g/mol. The van der Waals surface area contributed by atoms with Gasteiger partial charge in [0.15, 0.2) is 0 Å². The van der Waals surface area contributed by atoms with Crippen LogP contribution in [0.2, 0.25) is 10.0 Å². The van der Waals surface area contributed by atoms with Crippen LogP contribution >= 0.6 is 47.6 Å². The van der Waals surface area contributed by atoms with Crippen LogP contribution in [-0.4, -0.2) is 122 Å². The summed E-state index contributed by atoms with van der Waals surface area (Å²) in [7, 11) is 11.0. The van der Waals surface area contributed by atoms with E-state index in [9.17, 15) is 9.59 Å². The highest BCUT2D eigenvalue weighted by molar-refractivity contribution is 7.81.